The van der Waals surface area contributed by atoms with Crippen LogP contribution in [0, 0.1) is 23.7 Å². The van der Waals surface area contributed by atoms with Crippen LogP contribution in [0.25, 0.3) is 0 Å². The standard InChI is InChI=1S/C21H43/c1-7-19(4)16-14-17-20(5)15-12-10-11-13-18-21(6,8-2)9-3/h8,19-20H,7,9-18H2,1-6H3/q+1. The van der Waals surface area contributed by atoms with Gasteiger partial charge in [-0.3, -0.25) is 0 Å². The van der Waals surface area contributed by atoms with Crippen LogP contribution in [0.1, 0.15) is 112 Å². The van der Waals surface area contributed by atoms with Crippen molar-refractivity contribution in [2.24, 2.45) is 17.3 Å². The third-order valence-corrected chi connectivity index (χ3v) is 5.79. The van der Waals surface area contributed by atoms with Gasteiger partial charge in [0.15, 0.2) is 0 Å². The molecule has 0 spiro atoms. The molecule has 21 heavy (non-hydrogen) atoms. The van der Waals surface area contributed by atoms with Gasteiger partial charge in [-0.1, -0.05) is 79.1 Å². The molecule has 126 valence electrons. The summed E-state index contributed by atoms with van der Waals surface area (Å²) in [4.78, 5) is 0. The maximum absolute atomic E-state index is 2.46. The zero-order valence-corrected chi connectivity index (χ0v) is 16.0. The Kier molecular flexibility index (Phi) is 12.3. The van der Waals surface area contributed by atoms with E-state index in [1.54, 1.807) is 0 Å². The van der Waals surface area contributed by atoms with Crippen LogP contribution in [0.3, 0.4) is 0 Å². The number of hydrogen-bond acceptors (Lipinski definition) is 0. The molecule has 0 nitrogen and oxygen atoms in total. The molecular formula is C21H43+. The van der Waals surface area contributed by atoms with Gasteiger partial charge in [-0.15, -0.1) is 0 Å². The lowest BCUT2D eigenvalue weighted by Crippen LogP contribution is -2.14. The van der Waals surface area contributed by atoms with E-state index in [-0.39, 0.29) is 0 Å². The summed E-state index contributed by atoms with van der Waals surface area (Å²) in [6, 6.07) is 0. The van der Waals surface area contributed by atoms with E-state index >= 15 is 0 Å². The third kappa shape index (κ3) is 11.1. The Morgan fingerprint density at radius 2 is 1.38 bits per heavy atom. The van der Waals surface area contributed by atoms with E-state index in [1.165, 1.54) is 70.6 Å². The van der Waals surface area contributed by atoms with Gasteiger partial charge in [0.1, 0.15) is 5.41 Å². The summed E-state index contributed by atoms with van der Waals surface area (Å²) in [5.74, 6) is 1.87. The third-order valence-electron chi connectivity index (χ3n) is 5.79. The normalized spacial score (nSPS) is 17.2. The number of unbranched alkanes of at least 4 members (excludes halogenated alkanes) is 3. The summed E-state index contributed by atoms with van der Waals surface area (Å²) in [5.41, 5.74) is 0.489. The molecule has 0 heteroatoms. The predicted molar refractivity (Wildman–Crippen MR) is 98.5 cm³/mol. The van der Waals surface area contributed by atoms with E-state index < -0.39 is 0 Å². The maximum atomic E-state index is 2.46. The molecule has 0 aliphatic carbocycles. The van der Waals surface area contributed by atoms with Gasteiger partial charge in [-0.05, 0) is 38.0 Å². The lowest BCUT2D eigenvalue weighted by atomic mass is 9.80. The van der Waals surface area contributed by atoms with E-state index in [2.05, 4.69) is 48.0 Å². The van der Waals surface area contributed by atoms with Crippen molar-refractivity contribution in [3.05, 3.63) is 6.42 Å². The first-order chi connectivity index (χ1) is 9.97. The molecule has 0 aromatic rings. The van der Waals surface area contributed by atoms with Crippen molar-refractivity contribution in [2.75, 3.05) is 0 Å². The zero-order valence-electron chi connectivity index (χ0n) is 16.0. The van der Waals surface area contributed by atoms with Gasteiger partial charge in [0.25, 0.3) is 0 Å². The molecule has 0 aliphatic rings. The Bertz CT molecular complexity index is 214. The van der Waals surface area contributed by atoms with Gasteiger partial charge in [0.05, 0.1) is 13.3 Å². The van der Waals surface area contributed by atoms with Gasteiger partial charge >= 0.3 is 0 Å². The van der Waals surface area contributed by atoms with E-state index in [0.717, 1.165) is 11.8 Å². The quantitative estimate of drug-likeness (QED) is 0.226. The highest BCUT2D eigenvalue weighted by molar-refractivity contribution is 4.83. The van der Waals surface area contributed by atoms with Crippen molar-refractivity contribution in [1.29, 1.82) is 0 Å². The van der Waals surface area contributed by atoms with Crippen LogP contribution < -0.4 is 0 Å². The van der Waals surface area contributed by atoms with E-state index in [9.17, 15) is 0 Å². The summed E-state index contributed by atoms with van der Waals surface area (Å²) in [5, 5.41) is 0. The molecule has 0 fully saturated rings. The van der Waals surface area contributed by atoms with Crippen LogP contribution in [-0.2, 0) is 0 Å². The molecule has 0 bridgehead atoms. The highest BCUT2D eigenvalue weighted by Crippen LogP contribution is 2.31. The molecule has 0 heterocycles. The van der Waals surface area contributed by atoms with E-state index in [4.69, 9.17) is 0 Å². The van der Waals surface area contributed by atoms with Crippen molar-refractivity contribution < 1.29 is 0 Å². The Morgan fingerprint density at radius 3 is 1.95 bits per heavy atom. The minimum Gasteiger partial charge on any atom is -0.0651 e. The summed E-state index contributed by atoms with van der Waals surface area (Å²) >= 11 is 0. The smallest absolute Gasteiger partial charge is 0.0651 e. The summed E-state index contributed by atoms with van der Waals surface area (Å²) in [7, 11) is 0. The Morgan fingerprint density at radius 1 is 0.810 bits per heavy atom. The minimum atomic E-state index is 0.489. The highest BCUT2D eigenvalue weighted by atomic mass is 14.2. The van der Waals surface area contributed by atoms with Gasteiger partial charge in [-0.25, -0.2) is 0 Å². The second-order valence-electron chi connectivity index (χ2n) is 7.80. The van der Waals surface area contributed by atoms with Crippen molar-refractivity contribution in [3.63, 3.8) is 0 Å². The number of rotatable bonds is 14. The Hall–Kier alpha value is -0.130. The van der Waals surface area contributed by atoms with Crippen LogP contribution >= 0.6 is 0 Å². The molecule has 0 aromatic carbocycles. The van der Waals surface area contributed by atoms with Crippen molar-refractivity contribution >= 4 is 0 Å². The monoisotopic (exact) mass is 295 g/mol. The van der Waals surface area contributed by atoms with Gasteiger partial charge in [-0.2, -0.15) is 0 Å². The Balaban J connectivity index is 3.46. The molecule has 0 radical (unpaired) electrons. The van der Waals surface area contributed by atoms with Crippen molar-refractivity contribution in [1.82, 2.24) is 0 Å². The SMILES string of the molecule is C[CH+]C(C)(CC)CCCCCCC(C)CCCC(C)CC. The van der Waals surface area contributed by atoms with Gasteiger partial charge < -0.3 is 0 Å². The predicted octanol–water partition coefficient (Wildman–Crippen LogP) is 7.82. The van der Waals surface area contributed by atoms with E-state index in [0.29, 0.717) is 5.41 Å². The molecule has 0 aliphatic heterocycles. The first kappa shape index (κ1) is 20.9. The molecule has 0 N–H and O–H groups in total. The van der Waals surface area contributed by atoms with Crippen LogP contribution in [0.15, 0.2) is 0 Å². The lowest BCUT2D eigenvalue weighted by Gasteiger charge is -2.18. The second-order valence-corrected chi connectivity index (χ2v) is 7.80. The van der Waals surface area contributed by atoms with Gasteiger partial charge in [0, 0.05) is 0 Å². The molecule has 3 atom stereocenters. The molecule has 0 aromatic heterocycles. The zero-order chi connectivity index (χ0) is 16.1. The lowest BCUT2D eigenvalue weighted by molar-refractivity contribution is 0.326. The second kappa shape index (κ2) is 12.4. The minimum absolute atomic E-state index is 0.489. The largest absolute Gasteiger partial charge is 0.104 e. The summed E-state index contributed by atoms with van der Waals surface area (Å²) < 4.78 is 0. The Labute approximate surface area is 136 Å². The summed E-state index contributed by atoms with van der Waals surface area (Å²) in [6.07, 6.45) is 17.9. The van der Waals surface area contributed by atoms with Crippen molar-refractivity contribution in [3.8, 4) is 0 Å². The van der Waals surface area contributed by atoms with Crippen LogP contribution in [-0.4, -0.2) is 0 Å². The fraction of sp³-hybridized carbons (Fsp3) is 0.952. The first-order valence-corrected chi connectivity index (χ1v) is 9.78. The molecule has 0 amide bonds. The maximum Gasteiger partial charge on any atom is 0.104 e. The fourth-order valence-electron chi connectivity index (χ4n) is 3.06. The van der Waals surface area contributed by atoms with Crippen LogP contribution in [0.5, 0.6) is 0 Å². The summed E-state index contributed by atoms with van der Waals surface area (Å²) in [6.45, 7) is 14.1. The molecular weight excluding hydrogens is 252 g/mol. The molecule has 0 saturated carbocycles. The fourth-order valence-corrected chi connectivity index (χ4v) is 3.06. The van der Waals surface area contributed by atoms with Crippen LogP contribution in [0.2, 0.25) is 0 Å². The molecule has 3 unspecified atom stereocenters. The van der Waals surface area contributed by atoms with E-state index in [1.807, 2.05) is 0 Å². The average molecular weight is 296 g/mol. The number of hydrogen-bond donors (Lipinski definition) is 0. The molecule has 0 saturated heterocycles. The van der Waals surface area contributed by atoms with Gasteiger partial charge in [0.2, 0.25) is 0 Å². The van der Waals surface area contributed by atoms with Crippen LogP contribution in [0.4, 0.5) is 0 Å². The topological polar surface area (TPSA) is 0 Å². The average Bonchev–Trinajstić information content (AvgIpc) is 2.50. The highest BCUT2D eigenvalue weighted by Gasteiger charge is 2.27. The molecule has 0 rings (SSSR count). The van der Waals surface area contributed by atoms with Crippen molar-refractivity contribution in [2.45, 2.75) is 112 Å². The first-order valence-electron chi connectivity index (χ1n) is 9.78.